The highest BCUT2D eigenvalue weighted by molar-refractivity contribution is 5.95. The highest BCUT2D eigenvalue weighted by Gasteiger charge is 2.33. The van der Waals surface area contributed by atoms with Crippen LogP contribution in [0, 0.1) is 24.2 Å². The summed E-state index contributed by atoms with van der Waals surface area (Å²) >= 11 is 0. The summed E-state index contributed by atoms with van der Waals surface area (Å²) < 4.78 is 10.5. The number of aryl methyl sites for hydroxylation is 3. The first kappa shape index (κ1) is 17.7. The number of carbonyl (C=O) groups excluding carboxylic acids is 1. The van der Waals surface area contributed by atoms with Crippen LogP contribution in [-0.4, -0.2) is 31.0 Å². The van der Waals surface area contributed by atoms with Crippen molar-refractivity contribution in [1.29, 1.82) is 5.26 Å². The van der Waals surface area contributed by atoms with Crippen LogP contribution in [0.1, 0.15) is 27.2 Å². The van der Waals surface area contributed by atoms with E-state index in [4.69, 9.17) is 14.4 Å². The van der Waals surface area contributed by atoms with Crippen molar-refractivity contribution in [3.63, 3.8) is 0 Å². The third-order valence-electron chi connectivity index (χ3n) is 4.58. The largest absolute Gasteiger partial charge is 0.497 e. The van der Waals surface area contributed by atoms with E-state index in [-0.39, 0.29) is 17.4 Å². The second-order valence-corrected chi connectivity index (χ2v) is 6.44. The lowest BCUT2D eigenvalue weighted by atomic mass is 9.99. The van der Waals surface area contributed by atoms with Gasteiger partial charge in [-0.05, 0) is 42.7 Å². The number of benzene rings is 1. The Labute approximate surface area is 151 Å². The molecule has 134 valence electrons. The quantitative estimate of drug-likeness (QED) is 0.825. The SMILES string of the molecule is COc1ccc(CCc2cc(C)c(C(=O)N3CC(C#N)C3)c(=O)o2)cc1. The predicted molar refractivity (Wildman–Crippen MR) is 95.1 cm³/mol. The van der Waals surface area contributed by atoms with Gasteiger partial charge in [-0.2, -0.15) is 5.26 Å². The zero-order chi connectivity index (χ0) is 18.7. The molecule has 1 aromatic carbocycles. The average Bonchev–Trinajstić information content (AvgIpc) is 2.59. The molecule has 0 unspecified atom stereocenters. The van der Waals surface area contributed by atoms with E-state index in [1.807, 2.05) is 24.3 Å². The smallest absolute Gasteiger partial charge is 0.349 e. The van der Waals surface area contributed by atoms with Gasteiger partial charge < -0.3 is 14.1 Å². The third kappa shape index (κ3) is 3.62. The molecule has 6 heteroatoms. The number of ether oxygens (including phenoxy) is 1. The molecule has 2 heterocycles. The van der Waals surface area contributed by atoms with E-state index in [0.717, 1.165) is 17.7 Å². The fraction of sp³-hybridized carbons (Fsp3) is 0.350. The zero-order valence-corrected chi connectivity index (χ0v) is 14.8. The van der Waals surface area contributed by atoms with Gasteiger partial charge in [0.05, 0.1) is 19.1 Å². The summed E-state index contributed by atoms with van der Waals surface area (Å²) in [6, 6.07) is 11.6. The van der Waals surface area contributed by atoms with Crippen LogP contribution < -0.4 is 10.4 Å². The summed E-state index contributed by atoms with van der Waals surface area (Å²) in [5.74, 6) is 0.849. The molecule has 0 saturated carbocycles. The number of nitriles is 1. The molecule has 3 rings (SSSR count). The van der Waals surface area contributed by atoms with Gasteiger partial charge in [0.1, 0.15) is 17.1 Å². The van der Waals surface area contributed by atoms with E-state index >= 15 is 0 Å². The van der Waals surface area contributed by atoms with E-state index in [9.17, 15) is 9.59 Å². The first-order valence-electron chi connectivity index (χ1n) is 8.47. The van der Waals surface area contributed by atoms with Crippen molar-refractivity contribution >= 4 is 5.91 Å². The number of hydrogen-bond donors (Lipinski definition) is 0. The number of nitrogens with zero attached hydrogens (tertiary/aromatic N) is 2. The average molecular weight is 352 g/mol. The molecule has 0 aliphatic carbocycles. The van der Waals surface area contributed by atoms with Crippen molar-refractivity contribution < 1.29 is 13.9 Å². The summed E-state index contributed by atoms with van der Waals surface area (Å²) in [6.45, 7) is 2.48. The van der Waals surface area contributed by atoms with Crippen LogP contribution in [0.3, 0.4) is 0 Å². The molecule has 1 aliphatic heterocycles. The summed E-state index contributed by atoms with van der Waals surface area (Å²) in [4.78, 5) is 26.2. The summed E-state index contributed by atoms with van der Waals surface area (Å²) in [5, 5.41) is 8.81. The van der Waals surface area contributed by atoms with Crippen LogP contribution >= 0.6 is 0 Å². The monoisotopic (exact) mass is 352 g/mol. The van der Waals surface area contributed by atoms with Crippen molar-refractivity contribution in [2.45, 2.75) is 19.8 Å². The maximum absolute atomic E-state index is 12.4. The van der Waals surface area contributed by atoms with Crippen molar-refractivity contribution in [3.8, 4) is 11.8 Å². The lowest BCUT2D eigenvalue weighted by molar-refractivity contribution is 0.0571. The predicted octanol–water partition coefficient (Wildman–Crippen LogP) is 2.34. The summed E-state index contributed by atoms with van der Waals surface area (Å²) in [5.41, 5.74) is 1.17. The molecule has 1 fully saturated rings. The van der Waals surface area contributed by atoms with Gasteiger partial charge in [-0.25, -0.2) is 4.79 Å². The molecule has 1 amide bonds. The lowest BCUT2D eigenvalue weighted by Crippen LogP contribution is -2.50. The van der Waals surface area contributed by atoms with Gasteiger partial charge in [0, 0.05) is 19.5 Å². The Morgan fingerprint density at radius 2 is 2.00 bits per heavy atom. The lowest BCUT2D eigenvalue weighted by Gasteiger charge is -2.35. The number of rotatable bonds is 5. The number of hydrogen-bond acceptors (Lipinski definition) is 5. The summed E-state index contributed by atoms with van der Waals surface area (Å²) in [7, 11) is 1.62. The molecule has 1 aliphatic rings. The Balaban J connectivity index is 1.69. The second kappa shape index (κ2) is 7.44. The van der Waals surface area contributed by atoms with Gasteiger partial charge in [0.15, 0.2) is 0 Å². The Kier molecular flexibility index (Phi) is 5.08. The molecule has 26 heavy (non-hydrogen) atoms. The van der Waals surface area contributed by atoms with Gasteiger partial charge >= 0.3 is 5.63 Å². The maximum atomic E-state index is 12.4. The zero-order valence-electron chi connectivity index (χ0n) is 14.8. The van der Waals surface area contributed by atoms with E-state index in [0.29, 0.717) is 30.8 Å². The molecular formula is C20H20N2O4. The number of likely N-dealkylation sites (tertiary alicyclic amines) is 1. The molecule has 0 N–H and O–H groups in total. The Bertz CT molecular complexity index is 903. The van der Waals surface area contributed by atoms with Crippen LogP contribution in [0.4, 0.5) is 0 Å². The third-order valence-corrected chi connectivity index (χ3v) is 4.58. The number of methoxy groups -OCH3 is 1. The highest BCUT2D eigenvalue weighted by Crippen LogP contribution is 2.19. The normalized spacial score (nSPS) is 13.8. The van der Waals surface area contributed by atoms with Crippen LogP contribution in [0.2, 0.25) is 0 Å². The van der Waals surface area contributed by atoms with E-state index in [2.05, 4.69) is 6.07 Å². The minimum absolute atomic E-state index is 0.0644. The first-order valence-corrected chi connectivity index (χ1v) is 8.47. The minimum atomic E-state index is -0.611. The summed E-state index contributed by atoms with van der Waals surface area (Å²) in [6.07, 6.45) is 1.28. The van der Waals surface area contributed by atoms with E-state index < -0.39 is 5.63 Å². The van der Waals surface area contributed by atoms with Gasteiger partial charge in [0.2, 0.25) is 0 Å². The van der Waals surface area contributed by atoms with Gasteiger partial charge in [-0.3, -0.25) is 4.79 Å². The molecule has 0 bridgehead atoms. The topological polar surface area (TPSA) is 83.5 Å². The van der Waals surface area contributed by atoms with Crippen molar-refractivity contribution in [2.24, 2.45) is 5.92 Å². The molecule has 0 spiro atoms. The second-order valence-electron chi connectivity index (χ2n) is 6.44. The highest BCUT2D eigenvalue weighted by atomic mass is 16.5. The van der Waals surface area contributed by atoms with Crippen LogP contribution in [0.15, 0.2) is 39.5 Å². The van der Waals surface area contributed by atoms with E-state index in [1.165, 1.54) is 4.90 Å². The molecule has 1 saturated heterocycles. The Morgan fingerprint density at radius 1 is 1.31 bits per heavy atom. The van der Waals surface area contributed by atoms with E-state index in [1.54, 1.807) is 20.1 Å². The van der Waals surface area contributed by atoms with Crippen LogP contribution in [0.5, 0.6) is 5.75 Å². The fourth-order valence-corrected chi connectivity index (χ4v) is 3.00. The van der Waals surface area contributed by atoms with Crippen LogP contribution in [-0.2, 0) is 12.8 Å². The molecule has 1 aromatic heterocycles. The van der Waals surface area contributed by atoms with Crippen LogP contribution in [0.25, 0.3) is 0 Å². The molecule has 0 atom stereocenters. The van der Waals surface area contributed by atoms with Gasteiger partial charge in [-0.15, -0.1) is 0 Å². The maximum Gasteiger partial charge on any atom is 0.349 e. The van der Waals surface area contributed by atoms with Crippen molar-refractivity contribution in [1.82, 2.24) is 4.90 Å². The number of amides is 1. The Morgan fingerprint density at radius 3 is 2.58 bits per heavy atom. The first-order chi connectivity index (χ1) is 12.5. The van der Waals surface area contributed by atoms with Crippen molar-refractivity contribution in [2.75, 3.05) is 20.2 Å². The molecule has 6 nitrogen and oxygen atoms in total. The minimum Gasteiger partial charge on any atom is -0.497 e. The van der Waals surface area contributed by atoms with Gasteiger partial charge in [-0.1, -0.05) is 12.1 Å². The molecule has 2 aromatic rings. The molecule has 0 radical (unpaired) electrons. The van der Waals surface area contributed by atoms with Gasteiger partial charge in [0.25, 0.3) is 5.91 Å². The Hall–Kier alpha value is -3.07. The fourth-order valence-electron chi connectivity index (χ4n) is 3.00. The standard InChI is InChI=1S/C20H20N2O4/c1-13-9-17(8-5-14-3-6-16(25-2)7-4-14)26-20(24)18(13)19(23)22-11-15(10-21)12-22/h3-4,6-7,9,15H,5,8,11-12H2,1-2H3. The van der Waals surface area contributed by atoms with Crippen molar-refractivity contribution in [3.05, 3.63) is 63.2 Å². The molecular weight excluding hydrogens is 332 g/mol. The number of carbonyl (C=O) groups is 1.